The van der Waals surface area contributed by atoms with Crippen molar-refractivity contribution in [1.82, 2.24) is 14.5 Å². The van der Waals surface area contributed by atoms with Crippen LogP contribution in [0.25, 0.3) is 21.9 Å². The Kier molecular flexibility index (Phi) is 3.00. The van der Waals surface area contributed by atoms with Crippen molar-refractivity contribution in [3.8, 4) is 0 Å². The second-order valence-electron chi connectivity index (χ2n) is 5.67. The second-order valence-corrected chi connectivity index (χ2v) is 5.67. The molecule has 1 unspecified atom stereocenters. The topological polar surface area (TPSA) is 66.0 Å². The number of benzene rings is 1. The third kappa shape index (κ3) is 2.14. The molecule has 0 aliphatic carbocycles. The predicted octanol–water partition coefficient (Wildman–Crippen LogP) is 2.59. The molecule has 1 saturated heterocycles. The summed E-state index contributed by atoms with van der Waals surface area (Å²) in [5, 5.41) is 1.11. The van der Waals surface area contributed by atoms with Crippen LogP contribution in [0.1, 0.15) is 12.8 Å². The lowest BCUT2D eigenvalue weighted by Gasteiger charge is -2.23. The van der Waals surface area contributed by atoms with Crippen molar-refractivity contribution in [2.24, 2.45) is 5.92 Å². The van der Waals surface area contributed by atoms with Crippen LogP contribution in [-0.4, -0.2) is 27.7 Å². The Balaban J connectivity index is 1.86. The number of nitrogens with zero attached hydrogens (tertiary/aromatic N) is 3. The fourth-order valence-electron chi connectivity index (χ4n) is 3.17. The maximum Gasteiger partial charge on any atom is 0.201 e. The smallest absolute Gasteiger partial charge is 0.201 e. The zero-order chi connectivity index (χ0) is 14.2. The Labute approximate surface area is 122 Å². The van der Waals surface area contributed by atoms with Gasteiger partial charge in [-0.1, -0.05) is 18.2 Å². The first kappa shape index (κ1) is 12.6. The van der Waals surface area contributed by atoms with Gasteiger partial charge in [-0.3, -0.25) is 4.98 Å². The van der Waals surface area contributed by atoms with Gasteiger partial charge in [0.15, 0.2) is 0 Å². The first-order chi connectivity index (χ1) is 10.3. The summed E-state index contributed by atoms with van der Waals surface area (Å²) in [6.07, 6.45) is 4.11. The number of ether oxygens (including phenoxy) is 1. The van der Waals surface area contributed by atoms with Crippen molar-refractivity contribution in [3.63, 3.8) is 0 Å². The van der Waals surface area contributed by atoms with E-state index in [0.29, 0.717) is 11.9 Å². The Morgan fingerprint density at radius 3 is 3.05 bits per heavy atom. The van der Waals surface area contributed by atoms with E-state index in [1.165, 1.54) is 6.42 Å². The van der Waals surface area contributed by atoms with Gasteiger partial charge >= 0.3 is 0 Å². The van der Waals surface area contributed by atoms with Gasteiger partial charge in [-0.2, -0.15) is 0 Å². The number of hydrogen-bond donors (Lipinski definition) is 1. The Morgan fingerprint density at radius 2 is 2.19 bits per heavy atom. The molecule has 1 atom stereocenters. The van der Waals surface area contributed by atoms with Crippen LogP contribution in [0.4, 0.5) is 5.95 Å². The summed E-state index contributed by atoms with van der Waals surface area (Å²) in [5.41, 5.74) is 9.07. The fraction of sp³-hybridized carbons (Fsp3) is 0.375. The number of nitrogens with two attached hydrogens (primary N) is 1. The third-order valence-electron chi connectivity index (χ3n) is 4.20. The lowest BCUT2D eigenvalue weighted by molar-refractivity contribution is 0.0490. The van der Waals surface area contributed by atoms with Gasteiger partial charge in [0.25, 0.3) is 0 Å². The van der Waals surface area contributed by atoms with E-state index in [0.717, 1.165) is 48.1 Å². The third-order valence-corrected chi connectivity index (χ3v) is 4.20. The SMILES string of the molecule is Nc1nc2cnc3ccccc3c2n1CC1CCCOC1. The van der Waals surface area contributed by atoms with Crippen LogP contribution in [0.2, 0.25) is 0 Å². The molecule has 3 aromatic rings. The quantitative estimate of drug-likeness (QED) is 0.784. The molecule has 0 radical (unpaired) electrons. The molecule has 0 amide bonds. The average molecular weight is 282 g/mol. The summed E-state index contributed by atoms with van der Waals surface area (Å²) < 4.78 is 7.71. The molecule has 5 nitrogen and oxygen atoms in total. The molecule has 4 rings (SSSR count). The molecule has 2 N–H and O–H groups in total. The number of fused-ring (bicyclic) bond motifs is 3. The van der Waals surface area contributed by atoms with Crippen molar-refractivity contribution in [3.05, 3.63) is 30.5 Å². The molecular formula is C16H18N4O. The number of anilines is 1. The molecule has 1 aliphatic rings. The molecule has 1 fully saturated rings. The van der Waals surface area contributed by atoms with Gasteiger partial charge in [0.05, 0.1) is 23.8 Å². The molecule has 108 valence electrons. The zero-order valence-electron chi connectivity index (χ0n) is 11.8. The van der Waals surface area contributed by atoms with Gasteiger partial charge in [-0.05, 0) is 18.9 Å². The molecule has 2 aromatic heterocycles. The molecule has 21 heavy (non-hydrogen) atoms. The van der Waals surface area contributed by atoms with Gasteiger partial charge in [-0.25, -0.2) is 4.98 Å². The van der Waals surface area contributed by atoms with E-state index in [1.54, 1.807) is 0 Å². The fourth-order valence-corrected chi connectivity index (χ4v) is 3.17. The lowest BCUT2D eigenvalue weighted by atomic mass is 10.0. The van der Waals surface area contributed by atoms with Crippen molar-refractivity contribution in [2.45, 2.75) is 19.4 Å². The average Bonchev–Trinajstić information content (AvgIpc) is 2.85. The summed E-state index contributed by atoms with van der Waals surface area (Å²) in [5.74, 6) is 1.07. The maximum absolute atomic E-state index is 6.14. The number of para-hydroxylation sites is 1. The summed E-state index contributed by atoms with van der Waals surface area (Å²) in [7, 11) is 0. The highest BCUT2D eigenvalue weighted by Crippen LogP contribution is 2.27. The maximum atomic E-state index is 6.14. The van der Waals surface area contributed by atoms with Crippen molar-refractivity contribution in [1.29, 1.82) is 0 Å². The summed E-state index contributed by atoms with van der Waals surface area (Å²) in [6.45, 7) is 2.54. The number of imidazole rings is 1. The molecule has 0 spiro atoms. The van der Waals surface area contributed by atoms with Crippen molar-refractivity contribution >= 4 is 27.9 Å². The Hall–Kier alpha value is -2.14. The largest absolute Gasteiger partial charge is 0.381 e. The number of hydrogen-bond acceptors (Lipinski definition) is 4. The minimum atomic E-state index is 0.505. The minimum absolute atomic E-state index is 0.505. The lowest BCUT2D eigenvalue weighted by Crippen LogP contribution is -2.22. The monoisotopic (exact) mass is 282 g/mol. The van der Waals surface area contributed by atoms with Crippen LogP contribution in [-0.2, 0) is 11.3 Å². The Morgan fingerprint density at radius 1 is 1.29 bits per heavy atom. The van der Waals surface area contributed by atoms with E-state index in [9.17, 15) is 0 Å². The van der Waals surface area contributed by atoms with Gasteiger partial charge in [0.2, 0.25) is 5.95 Å². The van der Waals surface area contributed by atoms with Crippen molar-refractivity contribution in [2.75, 3.05) is 18.9 Å². The Bertz CT molecular complexity index is 789. The highest BCUT2D eigenvalue weighted by atomic mass is 16.5. The van der Waals surface area contributed by atoms with Crippen LogP contribution >= 0.6 is 0 Å². The van der Waals surface area contributed by atoms with E-state index in [4.69, 9.17) is 10.5 Å². The second kappa shape index (κ2) is 5.00. The number of pyridine rings is 1. The van der Waals surface area contributed by atoms with Crippen molar-refractivity contribution < 1.29 is 4.74 Å². The minimum Gasteiger partial charge on any atom is -0.381 e. The predicted molar refractivity (Wildman–Crippen MR) is 83.0 cm³/mol. The van der Waals surface area contributed by atoms with Crippen LogP contribution in [0.5, 0.6) is 0 Å². The van der Waals surface area contributed by atoms with Crippen LogP contribution in [0, 0.1) is 5.92 Å². The zero-order valence-corrected chi connectivity index (χ0v) is 11.8. The molecule has 0 saturated carbocycles. The normalized spacial score (nSPS) is 19.3. The van der Waals surface area contributed by atoms with Gasteiger partial charge < -0.3 is 15.0 Å². The van der Waals surface area contributed by atoms with Crippen LogP contribution < -0.4 is 5.73 Å². The highest BCUT2D eigenvalue weighted by molar-refractivity contribution is 6.02. The van der Waals surface area contributed by atoms with Crippen LogP contribution in [0.3, 0.4) is 0 Å². The molecule has 5 heteroatoms. The number of aromatic nitrogens is 3. The molecule has 0 bridgehead atoms. The first-order valence-electron chi connectivity index (χ1n) is 7.40. The van der Waals surface area contributed by atoms with E-state index in [-0.39, 0.29) is 0 Å². The molecule has 1 aliphatic heterocycles. The van der Waals surface area contributed by atoms with Gasteiger partial charge in [-0.15, -0.1) is 0 Å². The summed E-state index contributed by atoms with van der Waals surface area (Å²) in [4.78, 5) is 8.92. The molecule has 3 heterocycles. The summed E-state index contributed by atoms with van der Waals surface area (Å²) in [6, 6.07) is 8.13. The van der Waals surface area contributed by atoms with E-state index in [1.807, 2.05) is 24.4 Å². The number of rotatable bonds is 2. The van der Waals surface area contributed by atoms with Crippen LogP contribution in [0.15, 0.2) is 30.5 Å². The van der Waals surface area contributed by atoms with Gasteiger partial charge in [0, 0.05) is 24.5 Å². The standard InChI is InChI=1S/C16H18N4O/c17-16-19-14-8-18-13-6-2-1-5-12(13)15(14)20(16)9-11-4-3-7-21-10-11/h1-2,5-6,8,11H,3-4,7,9-10H2,(H2,17,19). The number of nitrogen functional groups attached to an aromatic ring is 1. The first-order valence-corrected chi connectivity index (χ1v) is 7.40. The molecular weight excluding hydrogens is 264 g/mol. The van der Waals surface area contributed by atoms with E-state index in [2.05, 4.69) is 20.6 Å². The molecule has 1 aromatic carbocycles. The summed E-state index contributed by atoms with van der Waals surface area (Å²) >= 11 is 0. The van der Waals surface area contributed by atoms with Gasteiger partial charge in [0.1, 0.15) is 5.52 Å². The highest BCUT2D eigenvalue weighted by Gasteiger charge is 2.19. The van der Waals surface area contributed by atoms with E-state index < -0.39 is 0 Å². The van der Waals surface area contributed by atoms with E-state index >= 15 is 0 Å².